The zero-order chi connectivity index (χ0) is 12.8. The average Bonchev–Trinajstić information content (AvgIpc) is 3.13. The zero-order valence-electron chi connectivity index (χ0n) is 10.5. The van der Waals surface area contributed by atoms with E-state index in [4.69, 9.17) is 0 Å². The molecule has 3 atom stereocenters. The summed E-state index contributed by atoms with van der Waals surface area (Å²) in [4.78, 5) is 16.5. The van der Waals surface area contributed by atoms with Crippen LogP contribution in [0.25, 0.3) is 5.65 Å². The fourth-order valence-corrected chi connectivity index (χ4v) is 3.29. The Balaban J connectivity index is 1.53. The summed E-state index contributed by atoms with van der Waals surface area (Å²) < 4.78 is 1.90. The second-order valence-corrected chi connectivity index (χ2v) is 5.47. The number of pyridine rings is 1. The van der Waals surface area contributed by atoms with Gasteiger partial charge in [0.2, 0.25) is 0 Å². The first-order chi connectivity index (χ1) is 9.29. The van der Waals surface area contributed by atoms with Crippen LogP contribution in [0.3, 0.4) is 0 Å². The summed E-state index contributed by atoms with van der Waals surface area (Å²) in [5.74, 6) is 0.00449. The molecule has 2 aliphatic heterocycles. The third-order valence-electron chi connectivity index (χ3n) is 4.28. The molecule has 0 radical (unpaired) electrons. The molecule has 0 unspecified atom stereocenters. The van der Waals surface area contributed by atoms with Gasteiger partial charge in [-0.2, -0.15) is 0 Å². The highest BCUT2D eigenvalue weighted by Gasteiger charge is 2.39. The van der Waals surface area contributed by atoms with Crippen LogP contribution in [0.5, 0.6) is 0 Å². The van der Waals surface area contributed by atoms with Crippen molar-refractivity contribution in [1.29, 1.82) is 0 Å². The predicted molar refractivity (Wildman–Crippen MR) is 71.0 cm³/mol. The number of hydrogen-bond acceptors (Lipinski definition) is 3. The first-order valence-electron chi connectivity index (χ1n) is 6.79. The quantitative estimate of drug-likeness (QED) is 0.841. The molecule has 2 aromatic heterocycles. The Kier molecular flexibility index (Phi) is 2.35. The van der Waals surface area contributed by atoms with Crippen molar-refractivity contribution in [3.8, 4) is 0 Å². The number of imidazole rings is 1. The molecule has 2 bridgehead atoms. The van der Waals surface area contributed by atoms with Crippen molar-refractivity contribution in [1.82, 2.24) is 20.0 Å². The Morgan fingerprint density at radius 2 is 2.37 bits per heavy atom. The molecule has 5 heteroatoms. The fourth-order valence-electron chi connectivity index (χ4n) is 3.29. The molecular formula is C14H16N4O. The summed E-state index contributed by atoms with van der Waals surface area (Å²) in [6, 6.07) is 5.01. The van der Waals surface area contributed by atoms with Crippen LogP contribution >= 0.6 is 0 Å². The highest BCUT2D eigenvalue weighted by Crippen LogP contribution is 2.28. The number of nitrogens with one attached hydrogen (secondary N) is 2. The van der Waals surface area contributed by atoms with Crippen molar-refractivity contribution < 1.29 is 4.79 Å². The van der Waals surface area contributed by atoms with Crippen LogP contribution < -0.4 is 10.6 Å². The largest absolute Gasteiger partial charge is 0.348 e. The third-order valence-corrected chi connectivity index (χ3v) is 4.28. The third kappa shape index (κ3) is 1.81. The zero-order valence-corrected chi connectivity index (χ0v) is 10.5. The van der Waals surface area contributed by atoms with E-state index in [0.717, 1.165) is 12.1 Å². The van der Waals surface area contributed by atoms with Gasteiger partial charge in [0.15, 0.2) is 0 Å². The Labute approximate surface area is 111 Å². The maximum Gasteiger partial charge on any atom is 0.251 e. The van der Waals surface area contributed by atoms with Crippen LogP contribution in [0, 0.1) is 0 Å². The molecule has 0 aliphatic carbocycles. The molecule has 4 heterocycles. The summed E-state index contributed by atoms with van der Waals surface area (Å²) in [5, 5.41) is 6.67. The van der Waals surface area contributed by atoms with Gasteiger partial charge in [-0.05, 0) is 31.4 Å². The van der Waals surface area contributed by atoms with Crippen LogP contribution in [0.15, 0.2) is 30.7 Å². The number of fused-ring (bicyclic) bond motifs is 3. The van der Waals surface area contributed by atoms with E-state index in [9.17, 15) is 4.79 Å². The molecule has 2 saturated heterocycles. The highest BCUT2D eigenvalue weighted by atomic mass is 16.1. The Hall–Kier alpha value is -1.88. The van der Waals surface area contributed by atoms with Gasteiger partial charge >= 0.3 is 0 Å². The minimum Gasteiger partial charge on any atom is -0.348 e. The van der Waals surface area contributed by atoms with E-state index in [2.05, 4.69) is 15.6 Å². The van der Waals surface area contributed by atoms with Crippen molar-refractivity contribution in [2.45, 2.75) is 37.4 Å². The van der Waals surface area contributed by atoms with Gasteiger partial charge in [-0.15, -0.1) is 0 Å². The SMILES string of the molecule is O=C(N[C@@H]1C[C@H]2CC[C@@H]1N2)c1ccn2ccnc2c1. The van der Waals surface area contributed by atoms with Crippen LogP contribution in [-0.4, -0.2) is 33.4 Å². The van der Waals surface area contributed by atoms with Gasteiger partial charge < -0.3 is 15.0 Å². The van der Waals surface area contributed by atoms with Crippen LogP contribution in [0.2, 0.25) is 0 Å². The smallest absolute Gasteiger partial charge is 0.251 e. The molecule has 0 aromatic carbocycles. The van der Waals surface area contributed by atoms with Crippen molar-refractivity contribution in [2.24, 2.45) is 0 Å². The van der Waals surface area contributed by atoms with Gasteiger partial charge in [0, 0.05) is 42.3 Å². The molecule has 98 valence electrons. The molecule has 2 aromatic rings. The van der Waals surface area contributed by atoms with E-state index in [1.165, 1.54) is 12.8 Å². The van der Waals surface area contributed by atoms with Crippen molar-refractivity contribution in [3.05, 3.63) is 36.3 Å². The molecule has 0 spiro atoms. The molecule has 2 fully saturated rings. The number of aromatic nitrogens is 2. The number of hydrogen-bond donors (Lipinski definition) is 2. The molecule has 2 aliphatic rings. The van der Waals surface area contributed by atoms with Gasteiger partial charge in [-0.1, -0.05) is 0 Å². The maximum atomic E-state index is 12.3. The molecule has 5 nitrogen and oxygen atoms in total. The number of rotatable bonds is 2. The predicted octanol–water partition coefficient (Wildman–Crippen LogP) is 0.957. The van der Waals surface area contributed by atoms with Crippen LogP contribution in [-0.2, 0) is 0 Å². The fraction of sp³-hybridized carbons (Fsp3) is 0.429. The molecule has 2 N–H and O–H groups in total. The Morgan fingerprint density at radius 3 is 3.16 bits per heavy atom. The second kappa shape index (κ2) is 4.06. The number of carbonyl (C=O) groups is 1. The van der Waals surface area contributed by atoms with Crippen molar-refractivity contribution in [3.63, 3.8) is 0 Å². The van der Waals surface area contributed by atoms with E-state index < -0.39 is 0 Å². The van der Waals surface area contributed by atoms with E-state index in [1.54, 1.807) is 6.20 Å². The molecular weight excluding hydrogens is 240 g/mol. The molecule has 4 rings (SSSR count). The Bertz CT molecular complexity index is 635. The van der Waals surface area contributed by atoms with E-state index in [1.807, 2.05) is 28.9 Å². The molecule has 0 saturated carbocycles. The summed E-state index contributed by atoms with van der Waals surface area (Å²) >= 11 is 0. The molecule has 19 heavy (non-hydrogen) atoms. The summed E-state index contributed by atoms with van der Waals surface area (Å²) in [5.41, 5.74) is 1.49. The summed E-state index contributed by atoms with van der Waals surface area (Å²) in [6.45, 7) is 0. The monoisotopic (exact) mass is 256 g/mol. The lowest BCUT2D eigenvalue weighted by atomic mass is 9.95. The number of amides is 1. The summed E-state index contributed by atoms with van der Waals surface area (Å²) in [6.07, 6.45) is 8.96. The van der Waals surface area contributed by atoms with E-state index >= 15 is 0 Å². The molecule has 1 amide bonds. The van der Waals surface area contributed by atoms with E-state index in [0.29, 0.717) is 17.6 Å². The normalized spacial score (nSPS) is 28.9. The van der Waals surface area contributed by atoms with Crippen molar-refractivity contribution >= 4 is 11.6 Å². The van der Waals surface area contributed by atoms with Crippen LogP contribution in [0.1, 0.15) is 29.6 Å². The van der Waals surface area contributed by atoms with Gasteiger partial charge in [0.1, 0.15) is 5.65 Å². The lowest BCUT2D eigenvalue weighted by molar-refractivity contribution is 0.0931. The van der Waals surface area contributed by atoms with Gasteiger partial charge in [0.05, 0.1) is 0 Å². The highest BCUT2D eigenvalue weighted by molar-refractivity contribution is 5.95. The average molecular weight is 256 g/mol. The minimum atomic E-state index is 0.00449. The van der Waals surface area contributed by atoms with Gasteiger partial charge in [0.25, 0.3) is 5.91 Å². The Morgan fingerprint density at radius 1 is 1.42 bits per heavy atom. The maximum absolute atomic E-state index is 12.3. The number of nitrogens with zero attached hydrogens (tertiary/aromatic N) is 2. The lowest BCUT2D eigenvalue weighted by Gasteiger charge is -2.21. The second-order valence-electron chi connectivity index (χ2n) is 5.47. The summed E-state index contributed by atoms with van der Waals surface area (Å²) in [7, 11) is 0. The minimum absolute atomic E-state index is 0.00449. The number of carbonyl (C=O) groups excluding carboxylic acids is 1. The topological polar surface area (TPSA) is 58.4 Å². The van der Waals surface area contributed by atoms with Gasteiger partial charge in [-0.3, -0.25) is 4.79 Å². The standard InChI is InChI=1S/C14H16N4O/c19-14(17-12-8-10-1-2-11(12)16-10)9-3-5-18-6-4-15-13(18)7-9/h3-7,10-12,16H,1-2,8H2,(H,17,19)/t10-,11+,12-/m1/s1. The van der Waals surface area contributed by atoms with Crippen LogP contribution in [0.4, 0.5) is 0 Å². The first-order valence-corrected chi connectivity index (χ1v) is 6.79. The van der Waals surface area contributed by atoms with Crippen molar-refractivity contribution in [2.75, 3.05) is 0 Å². The first kappa shape index (κ1) is 11.0. The lowest BCUT2D eigenvalue weighted by Crippen LogP contribution is -2.42. The van der Waals surface area contributed by atoms with Gasteiger partial charge in [-0.25, -0.2) is 4.98 Å². The van der Waals surface area contributed by atoms with E-state index in [-0.39, 0.29) is 11.9 Å².